The van der Waals surface area contributed by atoms with Crippen molar-refractivity contribution in [1.29, 1.82) is 0 Å². The minimum absolute atomic E-state index is 0.0187. The Hall–Kier alpha value is -4.53. The number of nitrogens with zero attached hydrogens (tertiary/aromatic N) is 3. The van der Waals surface area contributed by atoms with Gasteiger partial charge in [0.25, 0.3) is 0 Å². The van der Waals surface area contributed by atoms with Gasteiger partial charge in [0, 0.05) is 36.6 Å². The third kappa shape index (κ3) is 12.5. The smallest absolute Gasteiger partial charge is 0.406 e. The van der Waals surface area contributed by atoms with E-state index in [2.05, 4.69) is 31.1 Å². The molecule has 0 radical (unpaired) electrons. The molecule has 0 aliphatic carbocycles. The fourth-order valence-corrected chi connectivity index (χ4v) is 7.33. The van der Waals surface area contributed by atoms with Gasteiger partial charge in [0.15, 0.2) is 0 Å². The summed E-state index contributed by atoms with van der Waals surface area (Å²) in [6.45, 7) is 10.8. The monoisotopic (exact) mass is 749 g/mol. The Kier molecular flexibility index (Phi) is 15.2. The van der Waals surface area contributed by atoms with Gasteiger partial charge in [0.05, 0.1) is 50.0 Å². The van der Waals surface area contributed by atoms with Gasteiger partial charge in [-0.25, -0.2) is 14.6 Å². The highest BCUT2D eigenvalue weighted by Gasteiger charge is 2.43. The maximum Gasteiger partial charge on any atom is 0.406 e. The molecule has 4 rings (SSSR count). The van der Waals surface area contributed by atoms with Crippen LogP contribution in [0.4, 0.5) is 9.59 Å². The quantitative estimate of drug-likeness (QED) is 0.113. The number of benzene rings is 1. The molecule has 288 valence electrons. The van der Waals surface area contributed by atoms with Crippen LogP contribution in [-0.4, -0.2) is 88.9 Å². The van der Waals surface area contributed by atoms with Crippen LogP contribution in [0.2, 0.25) is 0 Å². The van der Waals surface area contributed by atoms with Gasteiger partial charge in [-0.05, 0) is 53.8 Å². The molecule has 5 amide bonds. The van der Waals surface area contributed by atoms with E-state index < -0.39 is 35.6 Å². The van der Waals surface area contributed by atoms with Crippen LogP contribution < -0.4 is 21.4 Å². The number of nitrogens with one attached hydrogen (secondary N) is 4. The van der Waals surface area contributed by atoms with Gasteiger partial charge < -0.3 is 30.7 Å². The Balaban J connectivity index is 1.56. The van der Waals surface area contributed by atoms with E-state index in [1.165, 1.54) is 18.4 Å². The summed E-state index contributed by atoms with van der Waals surface area (Å²) in [5.74, 6) is -1.19. The van der Waals surface area contributed by atoms with Crippen molar-refractivity contribution in [3.8, 4) is 0 Å². The minimum atomic E-state index is -1.10. The number of rotatable bonds is 19. The summed E-state index contributed by atoms with van der Waals surface area (Å²) in [7, 11) is 1.28. The number of aromatic nitrogens is 1. The molecule has 2 aromatic heterocycles. The molecule has 0 bridgehead atoms. The molecule has 13 nitrogen and oxygen atoms in total. The highest BCUT2D eigenvalue weighted by Crippen LogP contribution is 2.28. The van der Waals surface area contributed by atoms with Crippen LogP contribution in [0, 0.1) is 24.2 Å². The van der Waals surface area contributed by atoms with Crippen molar-refractivity contribution in [3.05, 3.63) is 87.9 Å². The average Bonchev–Trinajstić information content (AvgIpc) is 3.76. The second-order valence-corrected chi connectivity index (χ2v) is 15.6. The lowest BCUT2D eigenvalue weighted by Gasteiger charge is -2.36. The molecular weight excluding hydrogens is 695 g/mol. The lowest BCUT2D eigenvalue weighted by atomic mass is 9.83. The molecule has 5 unspecified atom stereocenters. The number of hydrogen-bond acceptors (Lipinski definition) is 9. The molecule has 1 aromatic carbocycles. The van der Waals surface area contributed by atoms with E-state index in [4.69, 9.17) is 0 Å². The molecule has 1 aliphatic heterocycles. The maximum absolute atomic E-state index is 14.5. The Morgan fingerprint density at radius 1 is 1.13 bits per heavy atom. The van der Waals surface area contributed by atoms with Crippen LogP contribution >= 0.6 is 11.3 Å². The number of aliphatic hydroxyl groups excluding tert-OH is 1. The zero-order valence-corrected chi connectivity index (χ0v) is 32.4. The first-order chi connectivity index (χ1) is 25.3. The van der Waals surface area contributed by atoms with Crippen LogP contribution in [-0.2, 0) is 33.8 Å². The SMILES string of the molecule is CCC(C)C(C(=O)NC(Cc1ccccc1)C(O)CN(Cc1cccs1)NC(=O)CC(C)(C)CNC(=O)OC)C1CNC(=O)N1Cc1cccc(C)n1. The van der Waals surface area contributed by atoms with Crippen molar-refractivity contribution in [2.24, 2.45) is 17.3 Å². The highest BCUT2D eigenvalue weighted by atomic mass is 32.1. The zero-order valence-electron chi connectivity index (χ0n) is 31.6. The van der Waals surface area contributed by atoms with Gasteiger partial charge in [-0.1, -0.05) is 76.6 Å². The predicted molar refractivity (Wildman–Crippen MR) is 204 cm³/mol. The molecular formula is C39H55N7O6S. The number of methoxy groups -OCH3 is 1. The van der Waals surface area contributed by atoms with Gasteiger partial charge in [-0.3, -0.25) is 20.0 Å². The van der Waals surface area contributed by atoms with E-state index in [1.807, 2.05) is 101 Å². The molecule has 3 aromatic rings. The summed E-state index contributed by atoms with van der Waals surface area (Å²) in [5, 5.41) is 24.4. The first kappa shape index (κ1) is 41.2. The molecule has 1 saturated heterocycles. The molecule has 1 aliphatic rings. The van der Waals surface area contributed by atoms with Crippen LogP contribution in [0.15, 0.2) is 66.0 Å². The second-order valence-electron chi connectivity index (χ2n) is 14.6. The summed E-state index contributed by atoms with van der Waals surface area (Å²) in [4.78, 5) is 59.9. The lowest BCUT2D eigenvalue weighted by Crippen LogP contribution is -2.56. The Bertz CT molecular complexity index is 1640. The van der Waals surface area contributed by atoms with Crippen LogP contribution in [0.25, 0.3) is 0 Å². The Labute approximate surface area is 316 Å². The Morgan fingerprint density at radius 3 is 2.55 bits per heavy atom. The second kappa shape index (κ2) is 19.5. The van der Waals surface area contributed by atoms with E-state index in [0.29, 0.717) is 25.9 Å². The molecule has 53 heavy (non-hydrogen) atoms. The first-order valence-corrected chi connectivity index (χ1v) is 19.0. The molecule has 5 N–H and O–H groups in total. The number of hydrazine groups is 1. The number of aliphatic hydroxyl groups is 1. The molecule has 3 heterocycles. The van der Waals surface area contributed by atoms with E-state index in [0.717, 1.165) is 21.8 Å². The van der Waals surface area contributed by atoms with Crippen molar-refractivity contribution >= 4 is 35.3 Å². The third-order valence-corrected chi connectivity index (χ3v) is 10.5. The van der Waals surface area contributed by atoms with Crippen molar-refractivity contribution < 1.29 is 29.0 Å². The number of pyridine rings is 1. The third-order valence-electron chi connectivity index (χ3n) is 9.62. The summed E-state index contributed by atoms with van der Waals surface area (Å²) >= 11 is 1.53. The molecule has 0 spiro atoms. The number of aryl methyl sites for hydroxylation is 1. The number of thiophene rings is 1. The van der Waals surface area contributed by atoms with Crippen molar-refractivity contribution in [1.82, 2.24) is 36.3 Å². The standard InChI is InChI=1S/C39H55N7O6S/c1-7-26(2)35(32-21-40-37(50)46(32)22-29-16-11-13-27(3)42-29)36(49)43-31(19-28-14-9-8-10-15-28)33(47)24-45(23-30-17-12-18-53-30)44-34(48)20-39(4,5)25-41-38(51)52-6/h8-18,26,31-33,35,47H,7,19-25H2,1-6H3,(H,40,50)(H,41,51)(H,43,49)(H,44,48). The van der Waals surface area contributed by atoms with Crippen molar-refractivity contribution in [2.45, 2.75) is 85.2 Å². The van der Waals surface area contributed by atoms with Crippen molar-refractivity contribution in [2.75, 3.05) is 26.7 Å². The van der Waals surface area contributed by atoms with Crippen LogP contribution in [0.5, 0.6) is 0 Å². The van der Waals surface area contributed by atoms with Gasteiger partial charge in [0.2, 0.25) is 11.8 Å². The summed E-state index contributed by atoms with van der Waals surface area (Å²) in [6.07, 6.45) is -0.529. The van der Waals surface area contributed by atoms with E-state index in [-0.39, 0.29) is 49.8 Å². The van der Waals surface area contributed by atoms with Crippen LogP contribution in [0.1, 0.15) is 62.4 Å². The molecule has 0 saturated carbocycles. The summed E-state index contributed by atoms with van der Waals surface area (Å²) in [6, 6.07) is 17.8. The largest absolute Gasteiger partial charge is 0.453 e. The zero-order chi connectivity index (χ0) is 38.5. The predicted octanol–water partition coefficient (Wildman–Crippen LogP) is 4.40. The van der Waals surface area contributed by atoms with Crippen LogP contribution in [0.3, 0.4) is 0 Å². The lowest BCUT2D eigenvalue weighted by molar-refractivity contribution is -0.132. The minimum Gasteiger partial charge on any atom is -0.453 e. The number of alkyl carbamates (subject to hydrolysis) is 1. The fourth-order valence-electron chi connectivity index (χ4n) is 6.61. The number of ether oxygens (including phenoxy) is 1. The van der Waals surface area contributed by atoms with Crippen molar-refractivity contribution in [3.63, 3.8) is 0 Å². The number of hydrogen-bond donors (Lipinski definition) is 5. The number of amides is 5. The van der Waals surface area contributed by atoms with Gasteiger partial charge in [-0.2, -0.15) is 0 Å². The summed E-state index contributed by atoms with van der Waals surface area (Å²) < 4.78 is 4.67. The molecule has 5 atom stereocenters. The molecule has 1 fully saturated rings. The normalized spacial score (nSPS) is 16.7. The van der Waals surface area contributed by atoms with Gasteiger partial charge >= 0.3 is 12.1 Å². The number of urea groups is 1. The van der Waals surface area contributed by atoms with Gasteiger partial charge in [-0.15, -0.1) is 11.3 Å². The highest BCUT2D eigenvalue weighted by molar-refractivity contribution is 7.09. The van der Waals surface area contributed by atoms with Gasteiger partial charge in [0.1, 0.15) is 0 Å². The first-order valence-electron chi connectivity index (χ1n) is 18.2. The maximum atomic E-state index is 14.5. The van der Waals surface area contributed by atoms with E-state index >= 15 is 0 Å². The van der Waals surface area contributed by atoms with E-state index in [9.17, 15) is 24.3 Å². The number of carbonyl (C=O) groups excluding carboxylic acids is 4. The average molecular weight is 750 g/mol. The number of carbonyl (C=O) groups is 4. The molecule has 14 heteroatoms. The fraction of sp³-hybridized carbons (Fsp3) is 0.513. The summed E-state index contributed by atoms with van der Waals surface area (Å²) in [5.41, 5.74) is 4.90. The topological polar surface area (TPSA) is 165 Å². The van der Waals surface area contributed by atoms with E-state index in [1.54, 1.807) is 9.91 Å². The Morgan fingerprint density at radius 2 is 1.89 bits per heavy atom.